The molecular formula is C25H24ClN3O. The number of hydrogen-bond acceptors (Lipinski definition) is 4. The fourth-order valence-electron chi connectivity index (χ4n) is 4.10. The molecule has 5 heteroatoms. The molecule has 0 saturated carbocycles. The third-order valence-corrected chi connectivity index (χ3v) is 6.13. The molecule has 3 aromatic rings. The second kappa shape index (κ2) is 8.23. The predicted molar refractivity (Wildman–Crippen MR) is 121 cm³/mol. The van der Waals surface area contributed by atoms with Crippen LogP contribution in [0.5, 0.6) is 0 Å². The molecule has 0 atom stereocenters. The zero-order valence-electron chi connectivity index (χ0n) is 16.7. The molecule has 1 spiro atoms. The average molecular weight is 418 g/mol. The van der Waals surface area contributed by atoms with Crippen molar-refractivity contribution in [3.8, 4) is 11.1 Å². The van der Waals surface area contributed by atoms with Gasteiger partial charge >= 0.3 is 0 Å². The second-order valence-electron chi connectivity index (χ2n) is 7.96. The Bertz CT molecular complexity index is 1020. The summed E-state index contributed by atoms with van der Waals surface area (Å²) >= 11 is 5.99. The quantitative estimate of drug-likeness (QED) is 0.627. The van der Waals surface area contributed by atoms with Crippen LogP contribution in [0.4, 0.5) is 0 Å². The van der Waals surface area contributed by atoms with Crippen LogP contribution in [0.25, 0.3) is 11.1 Å². The minimum atomic E-state index is -0.447. The normalized spacial score (nSPS) is 18.2. The van der Waals surface area contributed by atoms with Gasteiger partial charge in [-0.15, -0.1) is 0 Å². The Kier molecular flexibility index (Phi) is 5.30. The van der Waals surface area contributed by atoms with E-state index in [1.54, 1.807) is 0 Å². The molecule has 152 valence electrons. The number of likely N-dealkylation sites (tertiary alicyclic amines) is 1. The molecule has 0 bridgehead atoms. The van der Waals surface area contributed by atoms with Gasteiger partial charge in [0.25, 0.3) is 0 Å². The molecule has 0 unspecified atom stereocenters. The van der Waals surface area contributed by atoms with E-state index in [0.29, 0.717) is 0 Å². The van der Waals surface area contributed by atoms with Gasteiger partial charge in [-0.1, -0.05) is 78.3 Å². The third kappa shape index (κ3) is 4.12. The van der Waals surface area contributed by atoms with Crippen molar-refractivity contribution in [2.24, 2.45) is 4.99 Å². The van der Waals surface area contributed by atoms with Crippen LogP contribution in [0.3, 0.4) is 0 Å². The fourth-order valence-corrected chi connectivity index (χ4v) is 4.22. The number of halogens is 1. The van der Waals surface area contributed by atoms with Gasteiger partial charge in [0.2, 0.25) is 0 Å². The lowest BCUT2D eigenvalue weighted by Crippen LogP contribution is -2.44. The highest BCUT2D eigenvalue weighted by molar-refractivity contribution is 6.30. The van der Waals surface area contributed by atoms with Gasteiger partial charge in [-0.05, 0) is 28.8 Å². The number of rotatable bonds is 4. The first-order valence-corrected chi connectivity index (χ1v) is 10.7. The number of hydroxylamine groups is 1. The molecule has 2 aliphatic rings. The van der Waals surface area contributed by atoms with Crippen molar-refractivity contribution in [2.75, 3.05) is 13.1 Å². The summed E-state index contributed by atoms with van der Waals surface area (Å²) in [5, 5.41) is 0.747. The zero-order valence-corrected chi connectivity index (χ0v) is 17.5. The molecule has 30 heavy (non-hydrogen) atoms. The van der Waals surface area contributed by atoms with Crippen LogP contribution in [-0.2, 0) is 11.4 Å². The predicted octanol–water partition coefficient (Wildman–Crippen LogP) is 5.28. The summed E-state index contributed by atoms with van der Waals surface area (Å²) in [4.78, 5) is 13.4. The number of aliphatic imine (C=N–C) groups is 1. The van der Waals surface area contributed by atoms with E-state index in [2.05, 4.69) is 65.0 Å². The van der Waals surface area contributed by atoms with E-state index in [1.165, 1.54) is 5.56 Å². The van der Waals surface area contributed by atoms with Gasteiger partial charge in [-0.3, -0.25) is 4.90 Å². The first-order valence-electron chi connectivity index (χ1n) is 10.4. The standard InChI is InChI=1S/C25H24ClN3O/c26-23-12-10-21(11-13-23)20-6-8-22(9-7-20)24-27-25(30-28-24)14-16-29(17-15-25)18-19-4-2-1-3-5-19/h1-13H,14-18H2,(H,27,28). The summed E-state index contributed by atoms with van der Waals surface area (Å²) in [6.45, 7) is 2.93. The Balaban J connectivity index is 1.24. The minimum Gasteiger partial charge on any atom is -0.299 e. The van der Waals surface area contributed by atoms with Gasteiger partial charge in [-0.25, -0.2) is 15.3 Å². The van der Waals surface area contributed by atoms with Crippen molar-refractivity contribution in [1.29, 1.82) is 0 Å². The number of nitrogens with zero attached hydrogens (tertiary/aromatic N) is 2. The van der Waals surface area contributed by atoms with Crippen molar-refractivity contribution in [2.45, 2.75) is 25.1 Å². The van der Waals surface area contributed by atoms with Crippen LogP contribution in [-0.4, -0.2) is 29.6 Å². The Labute approximate surface area is 182 Å². The highest BCUT2D eigenvalue weighted by Gasteiger charge is 2.40. The lowest BCUT2D eigenvalue weighted by molar-refractivity contribution is -0.0901. The van der Waals surface area contributed by atoms with Crippen LogP contribution >= 0.6 is 11.6 Å². The first-order chi connectivity index (χ1) is 14.7. The Morgan fingerprint density at radius 3 is 2.10 bits per heavy atom. The van der Waals surface area contributed by atoms with Crippen LogP contribution in [0.15, 0.2) is 83.9 Å². The largest absolute Gasteiger partial charge is 0.299 e. The summed E-state index contributed by atoms with van der Waals surface area (Å²) < 4.78 is 0. The number of benzene rings is 3. The summed E-state index contributed by atoms with van der Waals surface area (Å²) in [7, 11) is 0. The molecule has 1 saturated heterocycles. The second-order valence-corrected chi connectivity index (χ2v) is 8.39. The maximum Gasteiger partial charge on any atom is 0.190 e. The summed E-state index contributed by atoms with van der Waals surface area (Å²) in [6.07, 6.45) is 1.78. The maximum atomic E-state index is 5.99. The maximum absolute atomic E-state index is 5.99. The van der Waals surface area contributed by atoms with Crippen molar-refractivity contribution in [3.05, 3.63) is 95.0 Å². The van der Waals surface area contributed by atoms with E-state index in [1.807, 2.05) is 24.3 Å². The van der Waals surface area contributed by atoms with Crippen LogP contribution in [0.2, 0.25) is 5.02 Å². The Morgan fingerprint density at radius 2 is 1.43 bits per heavy atom. The van der Waals surface area contributed by atoms with E-state index in [-0.39, 0.29) is 0 Å². The topological polar surface area (TPSA) is 36.9 Å². The van der Waals surface area contributed by atoms with Gasteiger partial charge in [-0.2, -0.15) is 0 Å². The van der Waals surface area contributed by atoms with Gasteiger partial charge in [0.1, 0.15) is 0 Å². The van der Waals surface area contributed by atoms with E-state index < -0.39 is 5.72 Å². The van der Waals surface area contributed by atoms with E-state index >= 15 is 0 Å². The molecule has 1 fully saturated rings. The number of amidine groups is 1. The molecular weight excluding hydrogens is 394 g/mol. The smallest absolute Gasteiger partial charge is 0.190 e. The Morgan fingerprint density at radius 1 is 0.833 bits per heavy atom. The molecule has 3 aromatic carbocycles. The summed E-state index contributed by atoms with van der Waals surface area (Å²) in [5.74, 6) is 0.814. The number of hydrogen-bond donors (Lipinski definition) is 1. The molecule has 0 radical (unpaired) electrons. The van der Waals surface area contributed by atoms with Gasteiger partial charge in [0.15, 0.2) is 11.6 Å². The van der Waals surface area contributed by atoms with Crippen molar-refractivity contribution >= 4 is 17.4 Å². The van der Waals surface area contributed by atoms with E-state index in [4.69, 9.17) is 21.4 Å². The van der Waals surface area contributed by atoms with Gasteiger partial charge < -0.3 is 0 Å². The van der Waals surface area contributed by atoms with E-state index in [9.17, 15) is 0 Å². The summed E-state index contributed by atoms with van der Waals surface area (Å²) in [6, 6.07) is 26.9. The minimum absolute atomic E-state index is 0.447. The van der Waals surface area contributed by atoms with Crippen LogP contribution in [0.1, 0.15) is 24.0 Å². The first kappa shape index (κ1) is 19.3. The van der Waals surface area contributed by atoms with Crippen LogP contribution < -0.4 is 5.48 Å². The monoisotopic (exact) mass is 417 g/mol. The molecule has 5 rings (SSSR count). The third-order valence-electron chi connectivity index (χ3n) is 5.88. The molecule has 1 N–H and O–H groups in total. The number of piperidine rings is 1. The van der Waals surface area contributed by atoms with Crippen LogP contribution in [0, 0.1) is 0 Å². The molecule has 2 heterocycles. The number of nitrogens with one attached hydrogen (secondary N) is 1. The zero-order chi connectivity index (χ0) is 20.4. The Hall–Kier alpha value is -2.66. The van der Waals surface area contributed by atoms with E-state index in [0.717, 1.165) is 60.0 Å². The SMILES string of the molecule is Clc1ccc(-c2ccc(C3=NC4(CCN(Cc5ccccc5)CC4)ON3)cc2)cc1. The average Bonchev–Trinajstić information content (AvgIpc) is 3.21. The summed E-state index contributed by atoms with van der Waals surface area (Å²) in [5.41, 5.74) is 7.32. The highest BCUT2D eigenvalue weighted by Crippen LogP contribution is 2.32. The fraction of sp³-hybridized carbons (Fsp3) is 0.240. The lowest BCUT2D eigenvalue weighted by atomic mass is 10.00. The highest BCUT2D eigenvalue weighted by atomic mass is 35.5. The van der Waals surface area contributed by atoms with Gasteiger partial charge in [0, 0.05) is 43.1 Å². The molecule has 0 amide bonds. The van der Waals surface area contributed by atoms with Crippen molar-refractivity contribution in [1.82, 2.24) is 10.4 Å². The molecule has 4 nitrogen and oxygen atoms in total. The van der Waals surface area contributed by atoms with Gasteiger partial charge in [0.05, 0.1) is 0 Å². The molecule has 0 aromatic heterocycles. The molecule has 2 aliphatic heterocycles. The molecule has 0 aliphatic carbocycles. The lowest BCUT2D eigenvalue weighted by Gasteiger charge is -2.35. The van der Waals surface area contributed by atoms with Crippen molar-refractivity contribution in [3.63, 3.8) is 0 Å². The van der Waals surface area contributed by atoms with Crippen molar-refractivity contribution < 1.29 is 4.84 Å².